The second-order valence-corrected chi connectivity index (χ2v) is 8.58. The van der Waals surface area contributed by atoms with E-state index in [1.54, 1.807) is 19.1 Å². The Morgan fingerprint density at radius 3 is 2.18 bits per heavy atom. The van der Waals surface area contributed by atoms with Gasteiger partial charge in [-0.05, 0) is 58.9 Å². The molecule has 0 radical (unpaired) electrons. The number of hydrogen-bond donors (Lipinski definition) is 1. The van der Waals surface area contributed by atoms with Crippen molar-refractivity contribution in [2.24, 2.45) is 0 Å². The fourth-order valence-corrected chi connectivity index (χ4v) is 5.04. The SMILES string of the molecule is CCOC(=O)c1c(NC(=O)c2cc(OCC)c(OCC)c(OCC)c2)sc2c1CCN(C)C2.Cl. The summed E-state index contributed by atoms with van der Waals surface area (Å²) in [5.41, 5.74) is 1.77. The zero-order chi connectivity index (χ0) is 24.0. The molecular weight excluding hydrogens is 480 g/mol. The number of nitrogens with one attached hydrogen (secondary N) is 1. The van der Waals surface area contributed by atoms with E-state index in [1.165, 1.54) is 11.3 Å². The van der Waals surface area contributed by atoms with Crippen LogP contribution in [0.25, 0.3) is 0 Å². The summed E-state index contributed by atoms with van der Waals surface area (Å²) in [6, 6.07) is 3.27. The van der Waals surface area contributed by atoms with Gasteiger partial charge in [-0.15, -0.1) is 23.7 Å². The molecule has 1 aromatic carbocycles. The van der Waals surface area contributed by atoms with Crippen LogP contribution in [0.5, 0.6) is 17.2 Å². The molecule has 2 heterocycles. The minimum atomic E-state index is -0.411. The summed E-state index contributed by atoms with van der Waals surface area (Å²) >= 11 is 1.42. The number of fused-ring (bicyclic) bond motifs is 1. The van der Waals surface area contributed by atoms with E-state index in [-0.39, 0.29) is 24.9 Å². The lowest BCUT2D eigenvalue weighted by Gasteiger charge is -2.22. The predicted octanol–water partition coefficient (Wildman–Crippen LogP) is 4.78. The molecule has 1 amide bonds. The van der Waals surface area contributed by atoms with Crippen molar-refractivity contribution in [3.05, 3.63) is 33.7 Å². The van der Waals surface area contributed by atoms with Crippen LogP contribution in [0.2, 0.25) is 0 Å². The Hall–Kier alpha value is -2.49. The normalized spacial score (nSPS) is 12.9. The summed E-state index contributed by atoms with van der Waals surface area (Å²) in [6.45, 7) is 10.5. The molecule has 1 aliphatic rings. The Kier molecular flexibility index (Phi) is 10.5. The van der Waals surface area contributed by atoms with Crippen LogP contribution in [0, 0.1) is 0 Å². The molecule has 34 heavy (non-hydrogen) atoms. The Labute approximate surface area is 210 Å². The van der Waals surface area contributed by atoms with Gasteiger partial charge in [0.2, 0.25) is 5.75 Å². The highest BCUT2D eigenvalue weighted by atomic mass is 35.5. The van der Waals surface area contributed by atoms with Crippen molar-refractivity contribution in [1.82, 2.24) is 4.90 Å². The van der Waals surface area contributed by atoms with Crippen molar-refractivity contribution in [1.29, 1.82) is 0 Å². The maximum Gasteiger partial charge on any atom is 0.341 e. The number of benzene rings is 1. The Morgan fingerprint density at radius 1 is 1.00 bits per heavy atom. The minimum Gasteiger partial charge on any atom is -0.490 e. The van der Waals surface area contributed by atoms with Gasteiger partial charge in [0.15, 0.2) is 11.5 Å². The zero-order valence-corrected chi connectivity index (χ0v) is 22.0. The first-order valence-corrected chi connectivity index (χ1v) is 12.1. The number of ether oxygens (including phenoxy) is 4. The number of nitrogens with zero attached hydrogens (tertiary/aromatic N) is 1. The molecule has 3 rings (SSSR count). The van der Waals surface area contributed by atoms with Gasteiger partial charge in [-0.2, -0.15) is 0 Å². The molecule has 0 spiro atoms. The quantitative estimate of drug-likeness (QED) is 0.458. The molecule has 1 aliphatic heterocycles. The Morgan fingerprint density at radius 2 is 1.62 bits per heavy atom. The van der Waals surface area contributed by atoms with E-state index in [9.17, 15) is 9.59 Å². The largest absolute Gasteiger partial charge is 0.490 e. The van der Waals surface area contributed by atoms with Crippen LogP contribution >= 0.6 is 23.7 Å². The highest BCUT2D eigenvalue weighted by Gasteiger charge is 2.29. The summed E-state index contributed by atoms with van der Waals surface area (Å²) < 4.78 is 22.5. The molecule has 10 heteroatoms. The summed E-state index contributed by atoms with van der Waals surface area (Å²) in [6.07, 6.45) is 0.735. The third-order valence-corrected chi connectivity index (χ3v) is 6.26. The molecule has 0 fully saturated rings. The average molecular weight is 513 g/mol. The molecule has 2 aromatic rings. The molecule has 0 bridgehead atoms. The van der Waals surface area contributed by atoms with Crippen molar-refractivity contribution in [2.45, 2.75) is 40.7 Å². The van der Waals surface area contributed by atoms with Crippen LogP contribution in [0.4, 0.5) is 5.00 Å². The first kappa shape index (κ1) is 27.8. The van der Waals surface area contributed by atoms with Gasteiger partial charge < -0.3 is 29.2 Å². The van der Waals surface area contributed by atoms with Gasteiger partial charge in [-0.3, -0.25) is 4.79 Å². The lowest BCUT2D eigenvalue weighted by molar-refractivity contribution is 0.0526. The fourth-order valence-electron chi connectivity index (χ4n) is 3.73. The number of esters is 1. The molecule has 0 aliphatic carbocycles. The smallest absolute Gasteiger partial charge is 0.341 e. The van der Waals surface area contributed by atoms with Crippen LogP contribution < -0.4 is 19.5 Å². The molecule has 0 saturated heterocycles. The van der Waals surface area contributed by atoms with E-state index in [0.717, 1.165) is 30.0 Å². The Balaban J connectivity index is 0.00000408. The first-order valence-electron chi connectivity index (χ1n) is 11.3. The maximum atomic E-state index is 13.3. The second kappa shape index (κ2) is 12.8. The lowest BCUT2D eigenvalue weighted by atomic mass is 10.0. The minimum absolute atomic E-state index is 0. The van der Waals surface area contributed by atoms with E-state index in [4.69, 9.17) is 18.9 Å². The number of rotatable bonds is 10. The number of halogens is 1. The van der Waals surface area contributed by atoms with E-state index in [2.05, 4.69) is 10.2 Å². The Bertz CT molecular complexity index is 983. The predicted molar refractivity (Wildman–Crippen MR) is 135 cm³/mol. The van der Waals surface area contributed by atoms with Crippen molar-refractivity contribution in [3.63, 3.8) is 0 Å². The topological polar surface area (TPSA) is 86.3 Å². The highest BCUT2D eigenvalue weighted by molar-refractivity contribution is 7.17. The van der Waals surface area contributed by atoms with E-state index >= 15 is 0 Å². The number of carbonyl (C=O) groups excluding carboxylic acids is 2. The molecule has 0 unspecified atom stereocenters. The molecule has 0 atom stereocenters. The van der Waals surface area contributed by atoms with Crippen LogP contribution in [0.1, 0.15) is 58.9 Å². The molecule has 188 valence electrons. The van der Waals surface area contributed by atoms with Gasteiger partial charge in [0.1, 0.15) is 5.00 Å². The van der Waals surface area contributed by atoms with Gasteiger partial charge in [-0.1, -0.05) is 0 Å². The number of hydrogen-bond acceptors (Lipinski definition) is 8. The van der Waals surface area contributed by atoms with Crippen LogP contribution in [-0.2, 0) is 17.7 Å². The fraction of sp³-hybridized carbons (Fsp3) is 0.500. The number of likely N-dealkylation sites (N-methyl/N-ethyl adjacent to an activating group) is 1. The number of thiophene rings is 1. The van der Waals surface area contributed by atoms with Crippen molar-refractivity contribution >= 4 is 40.6 Å². The molecule has 0 saturated carbocycles. The van der Waals surface area contributed by atoms with Crippen LogP contribution in [0.15, 0.2) is 12.1 Å². The average Bonchev–Trinajstić information content (AvgIpc) is 3.13. The van der Waals surface area contributed by atoms with Crippen LogP contribution in [0.3, 0.4) is 0 Å². The van der Waals surface area contributed by atoms with Crippen LogP contribution in [-0.4, -0.2) is 56.8 Å². The summed E-state index contributed by atoms with van der Waals surface area (Å²) in [4.78, 5) is 29.3. The summed E-state index contributed by atoms with van der Waals surface area (Å²) in [7, 11) is 2.04. The highest BCUT2D eigenvalue weighted by Crippen LogP contribution is 2.41. The monoisotopic (exact) mass is 512 g/mol. The summed E-state index contributed by atoms with van der Waals surface area (Å²) in [5.74, 6) is 0.574. The van der Waals surface area contributed by atoms with Crippen molar-refractivity contribution in [2.75, 3.05) is 45.3 Å². The molecular formula is C24H33ClN2O6S. The number of amides is 1. The van der Waals surface area contributed by atoms with Crippen molar-refractivity contribution in [3.8, 4) is 17.2 Å². The first-order chi connectivity index (χ1) is 15.9. The number of anilines is 1. The molecule has 1 N–H and O–H groups in total. The van der Waals surface area contributed by atoms with E-state index in [1.807, 2.05) is 27.8 Å². The maximum absolute atomic E-state index is 13.3. The van der Waals surface area contributed by atoms with Gasteiger partial charge in [0, 0.05) is 23.5 Å². The molecule has 1 aromatic heterocycles. The van der Waals surface area contributed by atoms with Gasteiger partial charge in [0.05, 0.1) is 32.0 Å². The molecule has 8 nitrogen and oxygen atoms in total. The second-order valence-electron chi connectivity index (χ2n) is 7.47. The third-order valence-electron chi connectivity index (χ3n) is 5.13. The standard InChI is InChI=1S/C24H32N2O6S.ClH/c1-6-29-17-12-15(13-18(30-7-2)21(17)31-8-3)22(27)25-23-20(24(28)32-9-4)16-10-11-26(5)14-19(16)33-23;/h12-13H,6-11,14H2,1-5H3,(H,25,27);1H. The third kappa shape index (κ3) is 6.14. The number of carbonyl (C=O) groups is 2. The zero-order valence-electron chi connectivity index (χ0n) is 20.3. The van der Waals surface area contributed by atoms with E-state index in [0.29, 0.717) is 53.2 Å². The van der Waals surface area contributed by atoms with Gasteiger partial charge in [-0.25, -0.2) is 4.79 Å². The van der Waals surface area contributed by atoms with Gasteiger partial charge >= 0.3 is 5.97 Å². The summed E-state index contributed by atoms with van der Waals surface area (Å²) in [5, 5.41) is 3.44. The van der Waals surface area contributed by atoms with Crippen molar-refractivity contribution < 1.29 is 28.5 Å². The van der Waals surface area contributed by atoms with E-state index < -0.39 is 5.97 Å². The van der Waals surface area contributed by atoms with Gasteiger partial charge in [0.25, 0.3) is 5.91 Å². The lowest BCUT2D eigenvalue weighted by Crippen LogP contribution is -2.26.